The highest BCUT2D eigenvalue weighted by Gasteiger charge is 2.18. The molecule has 0 saturated heterocycles. The Morgan fingerprint density at radius 3 is 2.37 bits per heavy atom. The number of benzene rings is 1. The molecule has 2 aromatic heterocycles. The van der Waals surface area contributed by atoms with E-state index in [9.17, 15) is 0 Å². The molecule has 1 atom stereocenters. The van der Waals surface area contributed by atoms with E-state index in [4.69, 9.17) is 23.1 Å². The zero-order valence-electron chi connectivity index (χ0n) is 17.3. The number of nitrogens with two attached hydrogens (primary N) is 2. The van der Waals surface area contributed by atoms with Crippen LogP contribution in [0.2, 0.25) is 5.02 Å². The lowest BCUT2D eigenvalue weighted by molar-refractivity contribution is 0.380. The molecule has 160 valence electrons. The highest BCUT2D eigenvalue weighted by molar-refractivity contribution is 7.98. The summed E-state index contributed by atoms with van der Waals surface area (Å²) in [5.41, 5.74) is 12.4. The third-order valence-electron chi connectivity index (χ3n) is 4.85. The maximum Gasteiger partial charge on any atom is 0.225 e. The van der Waals surface area contributed by atoms with Gasteiger partial charge in [0.25, 0.3) is 0 Å². The van der Waals surface area contributed by atoms with Crippen molar-refractivity contribution in [2.75, 3.05) is 11.5 Å². The SMILES string of the molecule is CCCC[C@H](CC)Cn1c(SCc2nc(N)nc(N)n2)nnc1-c1ccc(Cl)cc1. The Morgan fingerprint density at radius 1 is 1.03 bits per heavy atom. The van der Waals surface area contributed by atoms with Crippen LogP contribution in [0, 0.1) is 5.92 Å². The van der Waals surface area contributed by atoms with Crippen molar-refractivity contribution < 1.29 is 0 Å². The van der Waals surface area contributed by atoms with Crippen molar-refractivity contribution in [2.45, 2.75) is 57.0 Å². The molecule has 3 rings (SSSR count). The Labute approximate surface area is 185 Å². The maximum atomic E-state index is 6.06. The molecule has 10 heteroatoms. The number of nitrogens with zero attached hydrogens (tertiary/aromatic N) is 6. The van der Waals surface area contributed by atoms with Crippen LogP contribution in [-0.2, 0) is 12.3 Å². The number of hydrogen-bond acceptors (Lipinski definition) is 8. The molecule has 0 fully saturated rings. The number of rotatable bonds is 10. The topological polar surface area (TPSA) is 121 Å². The molecule has 0 aliphatic heterocycles. The van der Waals surface area contributed by atoms with Crippen LogP contribution in [0.1, 0.15) is 45.4 Å². The van der Waals surface area contributed by atoms with Crippen LogP contribution in [0.4, 0.5) is 11.9 Å². The summed E-state index contributed by atoms with van der Waals surface area (Å²) in [6, 6.07) is 7.68. The lowest BCUT2D eigenvalue weighted by Crippen LogP contribution is -2.13. The summed E-state index contributed by atoms with van der Waals surface area (Å²) in [7, 11) is 0. The van der Waals surface area contributed by atoms with E-state index < -0.39 is 0 Å². The highest BCUT2D eigenvalue weighted by Crippen LogP contribution is 2.29. The van der Waals surface area contributed by atoms with Gasteiger partial charge in [0, 0.05) is 17.1 Å². The third-order valence-corrected chi connectivity index (χ3v) is 6.06. The summed E-state index contributed by atoms with van der Waals surface area (Å²) >= 11 is 7.58. The van der Waals surface area contributed by atoms with Gasteiger partial charge in [0.1, 0.15) is 5.82 Å². The molecule has 0 radical (unpaired) electrons. The minimum absolute atomic E-state index is 0.118. The fourth-order valence-electron chi connectivity index (χ4n) is 3.20. The fourth-order valence-corrected chi connectivity index (χ4v) is 4.13. The van der Waals surface area contributed by atoms with Crippen molar-refractivity contribution in [1.82, 2.24) is 29.7 Å². The van der Waals surface area contributed by atoms with Crippen LogP contribution in [0.3, 0.4) is 0 Å². The predicted molar refractivity (Wildman–Crippen MR) is 122 cm³/mol. The molecule has 8 nitrogen and oxygen atoms in total. The van der Waals surface area contributed by atoms with Crippen molar-refractivity contribution in [3.8, 4) is 11.4 Å². The molecule has 0 spiro atoms. The first kappa shape index (κ1) is 22.3. The molecule has 4 N–H and O–H groups in total. The van der Waals surface area contributed by atoms with E-state index in [1.165, 1.54) is 31.0 Å². The van der Waals surface area contributed by atoms with Crippen molar-refractivity contribution in [3.05, 3.63) is 35.1 Å². The van der Waals surface area contributed by atoms with Gasteiger partial charge in [-0.15, -0.1) is 10.2 Å². The average Bonchev–Trinajstić information content (AvgIpc) is 3.11. The fraction of sp³-hybridized carbons (Fsp3) is 0.450. The summed E-state index contributed by atoms with van der Waals surface area (Å²) in [6.07, 6.45) is 4.67. The number of aromatic nitrogens is 6. The summed E-state index contributed by atoms with van der Waals surface area (Å²) in [4.78, 5) is 12.1. The van der Waals surface area contributed by atoms with E-state index >= 15 is 0 Å². The van der Waals surface area contributed by atoms with Gasteiger partial charge in [-0.1, -0.05) is 56.5 Å². The Bertz CT molecular complexity index is 940. The average molecular weight is 447 g/mol. The molecule has 0 bridgehead atoms. The Morgan fingerprint density at radius 2 is 1.73 bits per heavy atom. The number of halogens is 1. The van der Waals surface area contributed by atoms with Crippen LogP contribution < -0.4 is 11.5 Å². The number of thioether (sulfide) groups is 1. The maximum absolute atomic E-state index is 6.06. The molecule has 2 heterocycles. The molecule has 0 saturated carbocycles. The zero-order chi connectivity index (χ0) is 21.5. The van der Waals surface area contributed by atoms with Crippen LogP contribution in [-0.4, -0.2) is 29.7 Å². The Kier molecular flexibility index (Phi) is 7.87. The molecule has 1 aromatic carbocycles. The van der Waals surface area contributed by atoms with E-state index in [1.54, 1.807) is 0 Å². The first-order valence-electron chi connectivity index (χ1n) is 10.1. The van der Waals surface area contributed by atoms with Gasteiger partial charge in [-0.2, -0.15) is 15.0 Å². The third kappa shape index (κ3) is 5.82. The van der Waals surface area contributed by atoms with Crippen molar-refractivity contribution >= 4 is 35.3 Å². The van der Waals surface area contributed by atoms with Crippen molar-refractivity contribution in [1.29, 1.82) is 0 Å². The first-order valence-corrected chi connectivity index (χ1v) is 11.4. The molecule has 0 amide bonds. The van der Waals surface area contributed by atoms with Gasteiger partial charge in [0.2, 0.25) is 11.9 Å². The van der Waals surface area contributed by atoms with Crippen LogP contribution >= 0.6 is 23.4 Å². The normalized spacial score (nSPS) is 12.2. The highest BCUT2D eigenvalue weighted by atomic mass is 35.5. The molecule has 0 aliphatic rings. The molecule has 0 aliphatic carbocycles. The minimum atomic E-state index is 0.118. The predicted octanol–water partition coefficient (Wildman–Crippen LogP) is 4.46. The van der Waals surface area contributed by atoms with E-state index in [0.29, 0.717) is 22.5 Å². The minimum Gasteiger partial charge on any atom is -0.368 e. The quantitative estimate of drug-likeness (QED) is 0.438. The van der Waals surface area contributed by atoms with Crippen LogP contribution in [0.25, 0.3) is 11.4 Å². The van der Waals surface area contributed by atoms with Gasteiger partial charge in [0.15, 0.2) is 11.0 Å². The number of hydrogen-bond donors (Lipinski definition) is 2. The lowest BCUT2D eigenvalue weighted by atomic mass is 9.99. The smallest absolute Gasteiger partial charge is 0.225 e. The summed E-state index contributed by atoms with van der Waals surface area (Å²) in [5.74, 6) is 2.61. The molecular weight excluding hydrogens is 420 g/mol. The molecular formula is C20H27ClN8S. The van der Waals surface area contributed by atoms with Gasteiger partial charge in [0.05, 0.1) is 5.75 Å². The Hall–Kier alpha value is -2.39. The number of unbranched alkanes of at least 4 members (excludes halogenated alkanes) is 1. The summed E-state index contributed by atoms with van der Waals surface area (Å²) < 4.78 is 2.19. The second kappa shape index (κ2) is 10.6. The second-order valence-corrected chi connectivity index (χ2v) is 8.48. The van der Waals surface area contributed by atoms with E-state index in [1.807, 2.05) is 24.3 Å². The van der Waals surface area contributed by atoms with Gasteiger partial charge in [-0.05, 0) is 36.6 Å². The lowest BCUT2D eigenvalue weighted by Gasteiger charge is -2.18. The molecule has 0 unspecified atom stereocenters. The van der Waals surface area contributed by atoms with E-state index in [0.717, 1.165) is 29.5 Å². The van der Waals surface area contributed by atoms with Crippen LogP contribution in [0.5, 0.6) is 0 Å². The summed E-state index contributed by atoms with van der Waals surface area (Å²) in [6.45, 7) is 5.30. The van der Waals surface area contributed by atoms with Gasteiger partial charge in [-0.25, -0.2) is 0 Å². The number of nitrogen functional groups attached to an aromatic ring is 2. The van der Waals surface area contributed by atoms with Crippen molar-refractivity contribution in [2.24, 2.45) is 5.92 Å². The van der Waals surface area contributed by atoms with Gasteiger partial charge in [-0.3, -0.25) is 0 Å². The van der Waals surface area contributed by atoms with Crippen LogP contribution in [0.15, 0.2) is 29.4 Å². The van der Waals surface area contributed by atoms with Crippen molar-refractivity contribution in [3.63, 3.8) is 0 Å². The standard InChI is InChI=1S/C20H27ClN8S/c1-3-5-6-13(4-2)11-29-17(14-7-9-15(21)10-8-14)27-28-20(29)30-12-16-24-18(22)26-19(23)25-16/h7-10,13H,3-6,11-12H2,1-2H3,(H4,22,23,24,25,26)/t13-/m0/s1. The summed E-state index contributed by atoms with van der Waals surface area (Å²) in [5, 5.41) is 10.4. The molecule has 30 heavy (non-hydrogen) atoms. The first-order chi connectivity index (χ1) is 14.5. The van der Waals surface area contributed by atoms with E-state index in [2.05, 4.69) is 43.6 Å². The number of anilines is 2. The van der Waals surface area contributed by atoms with Gasteiger partial charge < -0.3 is 16.0 Å². The Balaban J connectivity index is 1.88. The van der Waals surface area contributed by atoms with E-state index in [-0.39, 0.29) is 11.9 Å². The zero-order valence-corrected chi connectivity index (χ0v) is 18.8. The largest absolute Gasteiger partial charge is 0.368 e. The van der Waals surface area contributed by atoms with Gasteiger partial charge >= 0.3 is 0 Å². The monoisotopic (exact) mass is 446 g/mol. The molecule has 3 aromatic rings. The second-order valence-electron chi connectivity index (χ2n) is 7.10.